The zero-order valence-corrected chi connectivity index (χ0v) is 13.9. The van der Waals surface area contributed by atoms with Crippen LogP contribution in [0, 0.1) is 0 Å². The second-order valence-corrected chi connectivity index (χ2v) is 6.81. The average Bonchev–Trinajstić information content (AvgIpc) is 3.35. The van der Waals surface area contributed by atoms with Crippen molar-refractivity contribution in [1.82, 2.24) is 10.2 Å². The molecule has 0 bridgehead atoms. The van der Waals surface area contributed by atoms with Crippen molar-refractivity contribution in [3.05, 3.63) is 34.9 Å². The number of hydrogen-bond donors (Lipinski definition) is 2. The predicted molar refractivity (Wildman–Crippen MR) is 88.6 cm³/mol. The van der Waals surface area contributed by atoms with Crippen molar-refractivity contribution in [2.45, 2.75) is 24.4 Å². The molecule has 126 valence electrons. The topological polar surface area (TPSA) is 61.8 Å². The van der Waals surface area contributed by atoms with E-state index in [0.717, 1.165) is 31.5 Å². The molecule has 3 rings (SSSR count). The Balaban J connectivity index is 1.51. The minimum absolute atomic E-state index is 0.0132. The fourth-order valence-corrected chi connectivity index (χ4v) is 3.27. The summed E-state index contributed by atoms with van der Waals surface area (Å²) >= 11 is 6.03. The molecular formula is C17H23ClN2O3. The van der Waals surface area contributed by atoms with Crippen LogP contribution in [0.1, 0.15) is 18.4 Å². The number of aliphatic hydroxyl groups is 1. The number of benzene rings is 1. The highest BCUT2D eigenvalue weighted by atomic mass is 35.5. The first-order valence-corrected chi connectivity index (χ1v) is 8.50. The summed E-state index contributed by atoms with van der Waals surface area (Å²) in [5, 5.41) is 13.7. The molecule has 1 unspecified atom stereocenters. The lowest BCUT2D eigenvalue weighted by molar-refractivity contribution is -0.124. The van der Waals surface area contributed by atoms with Crippen LogP contribution < -0.4 is 5.32 Å². The Morgan fingerprint density at radius 3 is 2.78 bits per heavy atom. The van der Waals surface area contributed by atoms with Gasteiger partial charge in [-0.1, -0.05) is 23.7 Å². The van der Waals surface area contributed by atoms with Gasteiger partial charge in [-0.25, -0.2) is 0 Å². The van der Waals surface area contributed by atoms with Gasteiger partial charge in [0, 0.05) is 31.2 Å². The molecule has 1 saturated heterocycles. The lowest BCUT2D eigenvalue weighted by Gasteiger charge is -2.28. The number of morpholine rings is 1. The summed E-state index contributed by atoms with van der Waals surface area (Å²) in [6.07, 6.45) is 1.10. The van der Waals surface area contributed by atoms with Gasteiger partial charge in [0.1, 0.15) is 0 Å². The molecule has 1 aliphatic carbocycles. The molecule has 1 aliphatic heterocycles. The standard InChI is InChI=1S/C17H23ClN2O3/c18-14-3-1-2-13(10-14)17(4-5-17)16(22)19-11-15(21)12-20-6-8-23-9-7-20/h1-3,10,15,21H,4-9,11-12H2,(H,19,22). The summed E-state index contributed by atoms with van der Waals surface area (Å²) < 4.78 is 5.29. The molecule has 23 heavy (non-hydrogen) atoms. The van der Waals surface area contributed by atoms with E-state index in [1.807, 2.05) is 24.3 Å². The number of ether oxygens (including phenoxy) is 1. The monoisotopic (exact) mass is 338 g/mol. The van der Waals surface area contributed by atoms with Crippen LogP contribution in [-0.4, -0.2) is 61.4 Å². The second kappa shape index (κ2) is 7.18. The Bertz CT molecular complexity index is 557. The van der Waals surface area contributed by atoms with E-state index in [2.05, 4.69) is 10.2 Å². The molecule has 1 atom stereocenters. The van der Waals surface area contributed by atoms with Crippen molar-refractivity contribution in [1.29, 1.82) is 0 Å². The molecule has 5 nitrogen and oxygen atoms in total. The van der Waals surface area contributed by atoms with Crippen molar-refractivity contribution < 1.29 is 14.6 Å². The number of β-amino-alcohol motifs (C(OH)–C–C–N with tert-alkyl or cyclic N) is 1. The Hall–Kier alpha value is -1.14. The summed E-state index contributed by atoms with van der Waals surface area (Å²) in [5.74, 6) is -0.0132. The molecule has 0 spiro atoms. The molecule has 0 radical (unpaired) electrons. The summed E-state index contributed by atoms with van der Waals surface area (Å²) in [4.78, 5) is 14.7. The first-order valence-electron chi connectivity index (χ1n) is 8.13. The molecule has 0 aromatic heterocycles. The molecule has 6 heteroatoms. The molecule has 1 aromatic carbocycles. The van der Waals surface area contributed by atoms with E-state index < -0.39 is 11.5 Å². The van der Waals surface area contributed by atoms with E-state index in [0.29, 0.717) is 24.8 Å². The third-order valence-electron chi connectivity index (χ3n) is 4.63. The molecule has 2 N–H and O–H groups in total. The van der Waals surface area contributed by atoms with Crippen LogP contribution in [0.4, 0.5) is 0 Å². The highest BCUT2D eigenvalue weighted by Crippen LogP contribution is 2.48. The Labute approximate surface area is 141 Å². The maximum Gasteiger partial charge on any atom is 0.230 e. The third-order valence-corrected chi connectivity index (χ3v) is 4.87. The Kier molecular flexibility index (Phi) is 5.21. The maximum absolute atomic E-state index is 12.5. The SMILES string of the molecule is O=C(NCC(O)CN1CCOCC1)C1(c2cccc(Cl)c2)CC1. The molecule has 1 saturated carbocycles. The van der Waals surface area contributed by atoms with Gasteiger partial charge in [0.25, 0.3) is 0 Å². The minimum atomic E-state index is -0.563. The third kappa shape index (κ3) is 4.04. The molecular weight excluding hydrogens is 316 g/mol. The van der Waals surface area contributed by atoms with Crippen molar-refractivity contribution in [3.63, 3.8) is 0 Å². The zero-order chi connectivity index (χ0) is 16.3. The van der Waals surface area contributed by atoms with E-state index >= 15 is 0 Å². The lowest BCUT2D eigenvalue weighted by atomic mass is 9.95. The van der Waals surface area contributed by atoms with Gasteiger partial charge < -0.3 is 15.2 Å². The predicted octanol–water partition coefficient (Wildman–Crippen LogP) is 1.18. The zero-order valence-electron chi connectivity index (χ0n) is 13.1. The Morgan fingerprint density at radius 2 is 2.13 bits per heavy atom. The number of nitrogens with one attached hydrogen (secondary N) is 1. The van der Waals surface area contributed by atoms with E-state index in [4.69, 9.17) is 16.3 Å². The maximum atomic E-state index is 12.5. The number of amides is 1. The quantitative estimate of drug-likeness (QED) is 0.817. The van der Waals surface area contributed by atoms with E-state index in [1.54, 1.807) is 0 Å². The first-order chi connectivity index (χ1) is 11.1. The summed E-state index contributed by atoms with van der Waals surface area (Å²) in [6.45, 7) is 3.91. The van der Waals surface area contributed by atoms with Gasteiger partial charge in [0.2, 0.25) is 5.91 Å². The van der Waals surface area contributed by atoms with Gasteiger partial charge in [-0.2, -0.15) is 0 Å². The van der Waals surface area contributed by atoms with Crippen molar-refractivity contribution in [3.8, 4) is 0 Å². The smallest absolute Gasteiger partial charge is 0.230 e. The largest absolute Gasteiger partial charge is 0.390 e. The number of carbonyl (C=O) groups is 1. The molecule has 1 heterocycles. The molecule has 1 amide bonds. The van der Waals surface area contributed by atoms with Gasteiger partial charge in [0.05, 0.1) is 24.7 Å². The van der Waals surface area contributed by atoms with Crippen molar-refractivity contribution in [2.75, 3.05) is 39.4 Å². The number of carbonyl (C=O) groups excluding carboxylic acids is 1. The second-order valence-electron chi connectivity index (χ2n) is 6.37. The van der Waals surface area contributed by atoms with Crippen molar-refractivity contribution >= 4 is 17.5 Å². The van der Waals surface area contributed by atoms with Crippen LogP contribution >= 0.6 is 11.6 Å². The fourth-order valence-electron chi connectivity index (χ4n) is 3.08. The van der Waals surface area contributed by atoms with Crippen molar-refractivity contribution in [2.24, 2.45) is 0 Å². The number of halogens is 1. The van der Waals surface area contributed by atoms with Gasteiger partial charge in [0.15, 0.2) is 0 Å². The van der Waals surface area contributed by atoms with Gasteiger partial charge in [-0.15, -0.1) is 0 Å². The number of nitrogens with zero attached hydrogens (tertiary/aromatic N) is 1. The van der Waals surface area contributed by atoms with E-state index in [9.17, 15) is 9.90 Å². The van der Waals surface area contributed by atoms with Crippen LogP contribution in [-0.2, 0) is 14.9 Å². The first kappa shape index (κ1) is 16.7. The van der Waals surface area contributed by atoms with Crippen LogP contribution in [0.3, 0.4) is 0 Å². The van der Waals surface area contributed by atoms with Crippen LogP contribution in [0.25, 0.3) is 0 Å². The summed E-state index contributed by atoms with van der Waals surface area (Å²) in [7, 11) is 0. The Morgan fingerprint density at radius 1 is 1.39 bits per heavy atom. The lowest BCUT2D eigenvalue weighted by Crippen LogP contribution is -2.46. The molecule has 2 aliphatic rings. The van der Waals surface area contributed by atoms with Gasteiger partial charge >= 0.3 is 0 Å². The number of rotatable bonds is 6. The molecule has 2 fully saturated rings. The number of hydrogen-bond acceptors (Lipinski definition) is 4. The normalized spacial score (nSPS) is 21.7. The van der Waals surface area contributed by atoms with Crippen LogP contribution in [0.2, 0.25) is 5.02 Å². The highest BCUT2D eigenvalue weighted by Gasteiger charge is 2.51. The highest BCUT2D eigenvalue weighted by molar-refractivity contribution is 6.30. The van der Waals surface area contributed by atoms with E-state index in [-0.39, 0.29) is 12.5 Å². The minimum Gasteiger partial charge on any atom is -0.390 e. The van der Waals surface area contributed by atoms with Crippen LogP contribution in [0.15, 0.2) is 24.3 Å². The summed E-state index contributed by atoms with van der Waals surface area (Å²) in [5.41, 5.74) is 0.508. The number of aliphatic hydroxyl groups excluding tert-OH is 1. The average molecular weight is 339 g/mol. The van der Waals surface area contributed by atoms with Gasteiger partial charge in [-0.3, -0.25) is 9.69 Å². The summed E-state index contributed by atoms with van der Waals surface area (Å²) in [6, 6.07) is 7.49. The molecule has 1 aromatic rings. The van der Waals surface area contributed by atoms with E-state index in [1.165, 1.54) is 0 Å². The van der Waals surface area contributed by atoms with Gasteiger partial charge in [-0.05, 0) is 30.5 Å². The van der Waals surface area contributed by atoms with Crippen LogP contribution in [0.5, 0.6) is 0 Å². The fraction of sp³-hybridized carbons (Fsp3) is 0.588.